The molecule has 1 N–H and O–H groups in total. The third-order valence-corrected chi connectivity index (χ3v) is 4.37. The Balaban J connectivity index is 2.17. The quantitative estimate of drug-likeness (QED) is 0.378. The van der Waals surface area contributed by atoms with E-state index in [4.69, 9.17) is 4.74 Å². The average Bonchev–Trinajstić information content (AvgIpc) is 2.64. The van der Waals surface area contributed by atoms with E-state index in [0.717, 1.165) is 37.5 Å². The highest BCUT2D eigenvalue weighted by molar-refractivity contribution is 5.96. The molecule has 0 radical (unpaired) electrons. The molecule has 0 aliphatic carbocycles. The molecule has 0 bridgehead atoms. The largest absolute Gasteiger partial charge is 0.464 e. The Labute approximate surface area is 160 Å². The maximum absolute atomic E-state index is 13.6. The molecule has 0 aromatic heterocycles. The number of rotatable bonds is 13. The maximum atomic E-state index is 13.6. The Morgan fingerprint density at radius 1 is 1.00 bits per heavy atom. The van der Waals surface area contributed by atoms with Crippen molar-refractivity contribution in [2.45, 2.75) is 77.7 Å². The lowest BCUT2D eigenvalue weighted by Crippen LogP contribution is -2.40. The van der Waals surface area contributed by atoms with Crippen LogP contribution in [0.5, 0.6) is 0 Å². The summed E-state index contributed by atoms with van der Waals surface area (Å²) >= 11 is 0. The number of ether oxygens (including phenoxy) is 1. The van der Waals surface area contributed by atoms with Gasteiger partial charge in [-0.3, -0.25) is 4.79 Å². The van der Waals surface area contributed by atoms with Crippen LogP contribution in [0, 0.1) is 11.6 Å². The minimum atomic E-state index is -0.932. The van der Waals surface area contributed by atoms with Gasteiger partial charge < -0.3 is 10.1 Å². The van der Waals surface area contributed by atoms with E-state index in [0.29, 0.717) is 6.61 Å². The molecule has 1 unspecified atom stereocenters. The van der Waals surface area contributed by atoms with Gasteiger partial charge in [-0.2, -0.15) is 0 Å². The third-order valence-electron chi connectivity index (χ3n) is 4.37. The third kappa shape index (κ3) is 9.50. The molecule has 27 heavy (non-hydrogen) atoms. The highest BCUT2D eigenvalue weighted by Crippen LogP contribution is 2.11. The lowest BCUT2D eigenvalue weighted by atomic mass is 10.1. The van der Waals surface area contributed by atoms with E-state index in [9.17, 15) is 18.4 Å². The van der Waals surface area contributed by atoms with Crippen molar-refractivity contribution in [1.82, 2.24) is 5.32 Å². The van der Waals surface area contributed by atoms with Crippen LogP contribution >= 0.6 is 0 Å². The van der Waals surface area contributed by atoms with E-state index in [1.807, 2.05) is 0 Å². The van der Waals surface area contributed by atoms with E-state index in [-0.39, 0.29) is 0 Å². The number of unbranched alkanes of at least 4 members (excludes halogenated alkanes) is 8. The van der Waals surface area contributed by atoms with E-state index in [1.165, 1.54) is 45.4 Å². The number of halogens is 2. The Morgan fingerprint density at radius 3 is 2.22 bits per heavy atom. The van der Waals surface area contributed by atoms with Crippen molar-refractivity contribution < 1.29 is 23.1 Å². The zero-order valence-corrected chi connectivity index (χ0v) is 16.4. The zero-order valence-electron chi connectivity index (χ0n) is 16.4. The van der Waals surface area contributed by atoms with E-state index >= 15 is 0 Å². The van der Waals surface area contributed by atoms with Crippen LogP contribution in [0.15, 0.2) is 18.2 Å². The first-order valence-corrected chi connectivity index (χ1v) is 9.88. The molecule has 1 amide bonds. The van der Waals surface area contributed by atoms with Gasteiger partial charge in [0.05, 0.1) is 12.2 Å². The highest BCUT2D eigenvalue weighted by Gasteiger charge is 2.20. The molecule has 0 spiro atoms. The second-order valence-corrected chi connectivity index (χ2v) is 6.82. The van der Waals surface area contributed by atoms with Crippen molar-refractivity contribution in [1.29, 1.82) is 0 Å². The summed E-state index contributed by atoms with van der Waals surface area (Å²) in [7, 11) is 0. The summed E-state index contributed by atoms with van der Waals surface area (Å²) in [6.07, 6.45) is 10.5. The predicted molar refractivity (Wildman–Crippen MR) is 101 cm³/mol. The Morgan fingerprint density at radius 2 is 1.59 bits per heavy atom. The molecule has 1 rings (SSSR count). The fraction of sp³-hybridized carbons (Fsp3) is 0.619. The van der Waals surface area contributed by atoms with Gasteiger partial charge in [0.1, 0.15) is 17.7 Å². The number of carbonyl (C=O) groups is 2. The van der Waals surface area contributed by atoms with Gasteiger partial charge in [0.2, 0.25) is 0 Å². The van der Waals surface area contributed by atoms with Gasteiger partial charge in [0.25, 0.3) is 5.91 Å². The first kappa shape index (κ1) is 23.1. The van der Waals surface area contributed by atoms with Crippen LogP contribution in [0.3, 0.4) is 0 Å². The van der Waals surface area contributed by atoms with Gasteiger partial charge in [0.15, 0.2) is 0 Å². The molecule has 6 heteroatoms. The highest BCUT2D eigenvalue weighted by atomic mass is 19.1. The minimum absolute atomic E-state index is 0.295. The van der Waals surface area contributed by atoms with Gasteiger partial charge in [-0.05, 0) is 31.5 Å². The van der Waals surface area contributed by atoms with Gasteiger partial charge in [-0.1, -0.05) is 58.3 Å². The van der Waals surface area contributed by atoms with Gasteiger partial charge in [-0.25, -0.2) is 13.6 Å². The molecule has 152 valence electrons. The Hall–Kier alpha value is -1.98. The second-order valence-electron chi connectivity index (χ2n) is 6.82. The molecule has 1 atom stereocenters. The number of carbonyl (C=O) groups excluding carboxylic acids is 2. The molecule has 0 saturated carbocycles. The van der Waals surface area contributed by atoms with Crippen molar-refractivity contribution in [3.8, 4) is 0 Å². The molecular weight excluding hydrogens is 352 g/mol. The van der Waals surface area contributed by atoms with Gasteiger partial charge >= 0.3 is 5.97 Å². The molecule has 0 heterocycles. The van der Waals surface area contributed by atoms with Crippen molar-refractivity contribution in [3.05, 3.63) is 35.4 Å². The fourth-order valence-corrected chi connectivity index (χ4v) is 2.72. The first-order chi connectivity index (χ1) is 13.0. The van der Waals surface area contributed by atoms with E-state index in [1.54, 1.807) is 0 Å². The number of hydrogen-bond acceptors (Lipinski definition) is 3. The van der Waals surface area contributed by atoms with Crippen LogP contribution in [0.1, 0.15) is 82.0 Å². The fourth-order valence-electron chi connectivity index (χ4n) is 2.72. The lowest BCUT2D eigenvalue weighted by molar-refractivity contribution is -0.145. The van der Waals surface area contributed by atoms with Gasteiger partial charge in [-0.15, -0.1) is 0 Å². The summed E-state index contributed by atoms with van der Waals surface area (Å²) in [4.78, 5) is 23.8. The number of benzene rings is 1. The van der Waals surface area contributed by atoms with Gasteiger partial charge in [0, 0.05) is 0 Å². The summed E-state index contributed by atoms with van der Waals surface area (Å²) in [5.74, 6) is -2.99. The van der Waals surface area contributed by atoms with Crippen LogP contribution in [0.25, 0.3) is 0 Å². The summed E-state index contributed by atoms with van der Waals surface area (Å²) < 4.78 is 31.8. The SMILES string of the molecule is CCCCCCCCCCCOC(=O)C(C)NC(=O)c1cc(F)ccc1F. The molecule has 0 aliphatic rings. The molecule has 0 fully saturated rings. The van der Waals surface area contributed by atoms with Crippen LogP contribution < -0.4 is 5.32 Å². The Bertz CT molecular complexity index is 593. The average molecular weight is 383 g/mol. The summed E-state index contributed by atoms with van der Waals surface area (Å²) in [5, 5.41) is 2.33. The number of hydrogen-bond donors (Lipinski definition) is 1. The predicted octanol–water partition coefficient (Wildman–Crippen LogP) is 5.16. The first-order valence-electron chi connectivity index (χ1n) is 9.88. The normalized spacial score (nSPS) is 11.9. The van der Waals surface area contributed by atoms with Crippen LogP contribution in [0.2, 0.25) is 0 Å². The summed E-state index contributed by atoms with van der Waals surface area (Å²) in [5.41, 5.74) is -0.436. The minimum Gasteiger partial charge on any atom is -0.464 e. The van der Waals surface area contributed by atoms with Crippen LogP contribution in [-0.2, 0) is 9.53 Å². The van der Waals surface area contributed by atoms with Crippen molar-refractivity contribution in [2.24, 2.45) is 0 Å². The second kappa shape index (κ2) is 13.2. The number of nitrogens with one attached hydrogen (secondary N) is 1. The van der Waals surface area contributed by atoms with Crippen molar-refractivity contribution in [2.75, 3.05) is 6.61 Å². The van der Waals surface area contributed by atoms with Crippen molar-refractivity contribution >= 4 is 11.9 Å². The van der Waals surface area contributed by atoms with Crippen LogP contribution in [-0.4, -0.2) is 24.5 Å². The van der Waals surface area contributed by atoms with Crippen molar-refractivity contribution in [3.63, 3.8) is 0 Å². The summed E-state index contributed by atoms with van der Waals surface area (Å²) in [6, 6.07) is 1.66. The number of esters is 1. The Kier molecular flexibility index (Phi) is 11.3. The van der Waals surface area contributed by atoms with E-state index in [2.05, 4.69) is 12.2 Å². The standard InChI is InChI=1S/C21H31F2NO3/c1-3-4-5-6-7-8-9-10-11-14-27-21(26)16(2)24-20(25)18-15-17(22)12-13-19(18)23/h12-13,15-16H,3-11,14H2,1-2H3,(H,24,25). The topological polar surface area (TPSA) is 55.4 Å². The molecule has 0 aliphatic heterocycles. The molecule has 1 aromatic rings. The number of amides is 1. The zero-order chi connectivity index (χ0) is 20.1. The molecule has 0 saturated heterocycles. The molecule has 1 aromatic carbocycles. The monoisotopic (exact) mass is 383 g/mol. The maximum Gasteiger partial charge on any atom is 0.328 e. The van der Waals surface area contributed by atoms with E-state index < -0.39 is 35.1 Å². The lowest BCUT2D eigenvalue weighted by Gasteiger charge is -2.14. The molecular formula is C21H31F2NO3. The van der Waals surface area contributed by atoms with Crippen LogP contribution in [0.4, 0.5) is 8.78 Å². The molecule has 4 nitrogen and oxygen atoms in total. The summed E-state index contributed by atoms with van der Waals surface area (Å²) in [6.45, 7) is 3.95. The smallest absolute Gasteiger partial charge is 0.328 e.